The molecule has 0 fully saturated rings. The number of aliphatic hydroxyl groups is 4. The predicted octanol–water partition coefficient (Wildman–Crippen LogP) is 3.35. The molecule has 6 N–H and O–H groups in total. The van der Waals surface area contributed by atoms with Gasteiger partial charge in [0.25, 0.3) is 5.91 Å². The molecular weight excluding hydrogens is 578 g/mol. The maximum atomic E-state index is 13.7. The number of hydrogen-bond acceptors (Lipinski definition) is 9. The predicted molar refractivity (Wildman–Crippen MR) is 169 cm³/mol. The topological polar surface area (TPSA) is 181 Å². The molecule has 4 bridgehead atoms. The average molecular weight is 624 g/mol. The lowest BCUT2D eigenvalue weighted by atomic mass is 9.77. The van der Waals surface area contributed by atoms with E-state index in [1.807, 2.05) is 0 Å². The third-order valence-electron chi connectivity index (χ3n) is 9.28. The summed E-state index contributed by atoms with van der Waals surface area (Å²) in [5.74, 6) is -6.59. The van der Waals surface area contributed by atoms with Crippen LogP contribution in [0.4, 0.5) is 0 Å². The summed E-state index contributed by atoms with van der Waals surface area (Å²) in [7, 11) is 0. The molecule has 0 saturated heterocycles. The molecule has 2 heterocycles. The summed E-state index contributed by atoms with van der Waals surface area (Å²) in [6.07, 6.45) is 2.61. The van der Waals surface area contributed by atoms with Crippen LogP contribution in [0.2, 0.25) is 0 Å². The molecule has 2 aliphatic heterocycles. The van der Waals surface area contributed by atoms with E-state index in [0.29, 0.717) is 0 Å². The van der Waals surface area contributed by atoms with Gasteiger partial charge in [0.15, 0.2) is 11.6 Å². The molecular formula is C35H45NO9. The molecule has 0 spiro atoms. The Labute approximate surface area is 263 Å². The van der Waals surface area contributed by atoms with Crippen LogP contribution >= 0.6 is 0 Å². The van der Waals surface area contributed by atoms with Gasteiger partial charge in [0.2, 0.25) is 5.78 Å². The van der Waals surface area contributed by atoms with E-state index < -0.39 is 83.0 Å². The fourth-order valence-electron chi connectivity index (χ4n) is 6.04. The monoisotopic (exact) mass is 623 g/mol. The summed E-state index contributed by atoms with van der Waals surface area (Å²) in [5.41, 5.74) is -0.607. The van der Waals surface area contributed by atoms with Crippen LogP contribution in [0.1, 0.15) is 85.1 Å². The van der Waals surface area contributed by atoms with Gasteiger partial charge < -0.3 is 30.8 Å². The number of rotatable bonds is 0. The normalized spacial score (nSPS) is 35.6. The van der Waals surface area contributed by atoms with E-state index in [2.05, 4.69) is 5.32 Å². The number of hydrogen-bond donors (Lipinski definition) is 6. The first kappa shape index (κ1) is 35.8. The van der Waals surface area contributed by atoms with E-state index in [4.69, 9.17) is 0 Å². The number of allylic oxidation sites excluding steroid dienone is 5. The Balaban J connectivity index is 2.16. The van der Waals surface area contributed by atoms with Crippen molar-refractivity contribution in [1.82, 2.24) is 5.32 Å². The molecule has 0 saturated carbocycles. The summed E-state index contributed by atoms with van der Waals surface area (Å²) in [4.78, 5) is 53.4. The van der Waals surface area contributed by atoms with Crippen molar-refractivity contribution in [3.8, 4) is 5.75 Å². The highest BCUT2D eigenvalue weighted by Gasteiger charge is 2.38. The lowest BCUT2D eigenvalue weighted by Gasteiger charge is -2.36. The Morgan fingerprint density at radius 1 is 0.689 bits per heavy atom. The molecule has 244 valence electrons. The molecule has 3 aliphatic rings. The van der Waals surface area contributed by atoms with Crippen molar-refractivity contribution >= 4 is 23.3 Å². The summed E-state index contributed by atoms with van der Waals surface area (Å²) >= 11 is 0. The number of phenolic OH excluding ortho intramolecular Hbond substituents is 1. The second kappa shape index (κ2) is 14.2. The third kappa shape index (κ3) is 7.25. The van der Waals surface area contributed by atoms with Crippen molar-refractivity contribution < 1.29 is 44.7 Å². The van der Waals surface area contributed by atoms with Crippen LogP contribution in [0, 0.1) is 36.5 Å². The van der Waals surface area contributed by atoms with Crippen LogP contribution in [0.15, 0.2) is 53.3 Å². The number of amides is 1. The van der Waals surface area contributed by atoms with Crippen LogP contribution in [0.5, 0.6) is 5.75 Å². The second-order valence-corrected chi connectivity index (χ2v) is 12.7. The van der Waals surface area contributed by atoms with E-state index in [1.54, 1.807) is 46.8 Å². The zero-order valence-corrected chi connectivity index (χ0v) is 27.0. The first-order valence-corrected chi connectivity index (χ1v) is 15.2. The number of carbonyl (C=O) groups is 4. The SMILES string of the molecule is C/C1=C/C=C/[C@H](C)[C@H](O)[C@@H](C)[C@@H](O)[C@@H](C)[C@H](O)[C@H](C)[C@@H](O)[C@@H](C)/C=C(/C)C(=O)c2c(O)c(C)cc3c2C(=O)C=C(NC1=O)C3=O. The van der Waals surface area contributed by atoms with E-state index in [0.717, 1.165) is 6.08 Å². The van der Waals surface area contributed by atoms with Gasteiger partial charge in [0, 0.05) is 52.4 Å². The Hall–Kier alpha value is -3.70. The van der Waals surface area contributed by atoms with Crippen molar-refractivity contribution in [3.05, 3.63) is 75.5 Å². The molecule has 1 aromatic rings. The smallest absolute Gasteiger partial charge is 0.251 e. The lowest BCUT2D eigenvalue weighted by Crippen LogP contribution is -2.45. The van der Waals surface area contributed by atoms with Crippen LogP contribution in [0.3, 0.4) is 0 Å². The minimum absolute atomic E-state index is 0.0835. The third-order valence-corrected chi connectivity index (χ3v) is 9.28. The summed E-state index contributed by atoms with van der Waals surface area (Å²) < 4.78 is 0. The number of Topliss-reactive ketones (excluding diaryl/α,β-unsaturated/α-hetero) is 2. The number of aromatic hydroxyl groups is 1. The van der Waals surface area contributed by atoms with Gasteiger partial charge in [0.1, 0.15) is 5.75 Å². The van der Waals surface area contributed by atoms with Gasteiger partial charge in [-0.1, -0.05) is 58.9 Å². The number of aryl methyl sites for hydroxylation is 1. The number of carbonyl (C=O) groups excluding carboxylic acids is 4. The summed E-state index contributed by atoms with van der Waals surface area (Å²) in [5, 5.41) is 57.6. The molecule has 10 heteroatoms. The Morgan fingerprint density at radius 3 is 1.80 bits per heavy atom. The van der Waals surface area contributed by atoms with Crippen molar-refractivity contribution in [2.24, 2.45) is 29.6 Å². The standard InChI is InChI=1S/C35H45NO9/c1-15-10-9-11-16(2)35(45)36-24-14-25(37)26-23(34(24)44)13-19(5)31(41)27(26)30(40)18(4)12-17(3)29(39)21(7)33(43)22(8)32(42)20(6)28(15)38/h9-15,17,20-22,28-29,32-33,38-39,41-43H,1-8H3,(H,36,45)/b10-9+,16-11-,18-12-/t15-,17-,20+,21+,22+,28-,29-,32+,33+/m0/s1. The minimum Gasteiger partial charge on any atom is -0.507 e. The van der Waals surface area contributed by atoms with E-state index in [1.165, 1.54) is 39.0 Å². The van der Waals surface area contributed by atoms with Gasteiger partial charge in [-0.25, -0.2) is 0 Å². The number of nitrogens with one attached hydrogen (secondary N) is 1. The number of aliphatic hydroxyl groups excluding tert-OH is 4. The van der Waals surface area contributed by atoms with Crippen molar-refractivity contribution in [1.29, 1.82) is 0 Å². The zero-order valence-electron chi connectivity index (χ0n) is 27.0. The maximum absolute atomic E-state index is 13.7. The highest BCUT2D eigenvalue weighted by molar-refractivity contribution is 6.30. The van der Waals surface area contributed by atoms with Gasteiger partial charge in [0.05, 0.1) is 35.7 Å². The van der Waals surface area contributed by atoms with Gasteiger partial charge in [-0.05, 0) is 38.0 Å². The second-order valence-electron chi connectivity index (χ2n) is 12.7. The molecule has 10 nitrogen and oxygen atoms in total. The van der Waals surface area contributed by atoms with E-state index >= 15 is 0 Å². The van der Waals surface area contributed by atoms with Gasteiger partial charge in [-0.15, -0.1) is 0 Å². The Bertz CT molecular complexity index is 1500. The van der Waals surface area contributed by atoms with Crippen LogP contribution in [-0.4, -0.2) is 73.2 Å². The molecule has 1 aliphatic carbocycles. The molecule has 0 aromatic heterocycles. The van der Waals surface area contributed by atoms with Crippen molar-refractivity contribution in [2.45, 2.75) is 79.8 Å². The van der Waals surface area contributed by atoms with Gasteiger partial charge in [-0.2, -0.15) is 0 Å². The van der Waals surface area contributed by atoms with Crippen LogP contribution in [-0.2, 0) is 4.79 Å². The number of benzene rings is 1. The molecule has 1 aromatic carbocycles. The van der Waals surface area contributed by atoms with E-state index in [-0.39, 0.29) is 39.1 Å². The minimum atomic E-state index is -1.18. The molecule has 0 radical (unpaired) electrons. The fraction of sp³-hybridized carbons (Fsp3) is 0.486. The number of phenols is 1. The molecule has 45 heavy (non-hydrogen) atoms. The maximum Gasteiger partial charge on any atom is 0.251 e. The highest BCUT2D eigenvalue weighted by Crippen LogP contribution is 2.35. The lowest BCUT2D eigenvalue weighted by molar-refractivity contribution is -0.116. The van der Waals surface area contributed by atoms with E-state index in [9.17, 15) is 44.7 Å². The Kier molecular flexibility index (Phi) is 11.3. The first-order valence-electron chi connectivity index (χ1n) is 15.2. The van der Waals surface area contributed by atoms with Crippen molar-refractivity contribution in [3.63, 3.8) is 0 Å². The Morgan fingerprint density at radius 2 is 1.22 bits per heavy atom. The number of fused-ring (bicyclic) bond motifs is 15. The highest BCUT2D eigenvalue weighted by atomic mass is 16.3. The van der Waals surface area contributed by atoms with Gasteiger partial charge >= 0.3 is 0 Å². The fourth-order valence-corrected chi connectivity index (χ4v) is 6.04. The summed E-state index contributed by atoms with van der Waals surface area (Å²) in [6, 6.07) is 1.30. The summed E-state index contributed by atoms with van der Waals surface area (Å²) in [6.45, 7) is 12.7. The van der Waals surface area contributed by atoms with Crippen LogP contribution < -0.4 is 5.32 Å². The molecule has 4 rings (SSSR count). The largest absolute Gasteiger partial charge is 0.507 e. The van der Waals surface area contributed by atoms with Crippen molar-refractivity contribution in [2.75, 3.05) is 0 Å². The molecule has 1 amide bonds. The van der Waals surface area contributed by atoms with Gasteiger partial charge in [-0.3, -0.25) is 19.2 Å². The first-order chi connectivity index (χ1) is 20.9. The molecule has 0 unspecified atom stereocenters. The molecule has 9 atom stereocenters. The zero-order chi connectivity index (χ0) is 34.1. The number of ketones is 3. The average Bonchev–Trinajstić information content (AvgIpc) is 3.00. The van der Waals surface area contributed by atoms with Crippen LogP contribution in [0.25, 0.3) is 0 Å². The quantitative estimate of drug-likeness (QED) is 0.253.